The summed E-state index contributed by atoms with van der Waals surface area (Å²) in [6.07, 6.45) is 7.43. The molecule has 0 saturated heterocycles. The van der Waals surface area contributed by atoms with Crippen molar-refractivity contribution in [3.8, 4) is 0 Å². The van der Waals surface area contributed by atoms with Crippen molar-refractivity contribution in [2.45, 2.75) is 45.2 Å². The predicted octanol–water partition coefficient (Wildman–Crippen LogP) is 0.953. The van der Waals surface area contributed by atoms with Crippen LogP contribution in [0.25, 0.3) is 0 Å². The number of nitrogens with two attached hydrogens (primary N) is 1. The largest absolute Gasteiger partial charge is 0.368 e. The van der Waals surface area contributed by atoms with Crippen LogP contribution in [-0.4, -0.2) is 31.7 Å². The lowest BCUT2D eigenvalue weighted by molar-refractivity contribution is 0.0929. The number of aryl methyl sites for hydroxylation is 1. The molecule has 0 bridgehead atoms. The van der Waals surface area contributed by atoms with E-state index >= 15 is 0 Å². The number of carbonyl (C=O) groups is 1. The molecule has 1 aliphatic carbocycles. The number of hydrogen-bond acceptors (Lipinski definition) is 5. The summed E-state index contributed by atoms with van der Waals surface area (Å²) < 4.78 is 1.79. The SMILES string of the molecule is C[C@@H](Cn1cccn1)NC(=O)c1nc(N)nc2c1CCCC2. The number of amides is 1. The summed E-state index contributed by atoms with van der Waals surface area (Å²) in [5.74, 6) is -0.0163. The van der Waals surface area contributed by atoms with Crippen molar-refractivity contribution in [2.24, 2.45) is 0 Å². The van der Waals surface area contributed by atoms with Crippen LogP contribution in [0.3, 0.4) is 0 Å². The minimum Gasteiger partial charge on any atom is -0.368 e. The first-order valence-electron chi connectivity index (χ1n) is 7.57. The molecule has 1 atom stereocenters. The molecule has 0 fully saturated rings. The minimum atomic E-state index is -0.188. The predicted molar refractivity (Wildman–Crippen MR) is 82.2 cm³/mol. The van der Waals surface area contributed by atoms with Gasteiger partial charge in [0, 0.05) is 29.7 Å². The molecule has 0 saturated carbocycles. The number of hydrogen-bond donors (Lipinski definition) is 2. The van der Waals surface area contributed by atoms with Crippen LogP contribution in [0.5, 0.6) is 0 Å². The normalized spacial score (nSPS) is 15.1. The van der Waals surface area contributed by atoms with Crippen molar-refractivity contribution in [1.82, 2.24) is 25.1 Å². The third-order valence-electron chi connectivity index (χ3n) is 3.81. The number of anilines is 1. The molecule has 2 aromatic rings. The van der Waals surface area contributed by atoms with E-state index in [0.29, 0.717) is 12.2 Å². The fourth-order valence-electron chi connectivity index (χ4n) is 2.83. The van der Waals surface area contributed by atoms with Crippen molar-refractivity contribution in [1.29, 1.82) is 0 Å². The fraction of sp³-hybridized carbons (Fsp3) is 0.467. The Hall–Kier alpha value is -2.44. The van der Waals surface area contributed by atoms with E-state index in [1.165, 1.54) is 0 Å². The van der Waals surface area contributed by atoms with Gasteiger partial charge >= 0.3 is 0 Å². The Bertz CT molecular complexity index is 667. The Kier molecular flexibility index (Phi) is 4.04. The first-order valence-corrected chi connectivity index (χ1v) is 7.57. The van der Waals surface area contributed by atoms with E-state index in [0.717, 1.165) is 36.9 Å². The Balaban J connectivity index is 1.76. The molecule has 116 valence electrons. The van der Waals surface area contributed by atoms with E-state index in [-0.39, 0.29) is 17.9 Å². The summed E-state index contributed by atoms with van der Waals surface area (Å²) >= 11 is 0. The van der Waals surface area contributed by atoms with Gasteiger partial charge in [0.05, 0.1) is 6.54 Å². The molecular formula is C15H20N6O. The lowest BCUT2D eigenvalue weighted by Gasteiger charge is -2.19. The molecule has 0 spiro atoms. The smallest absolute Gasteiger partial charge is 0.270 e. The van der Waals surface area contributed by atoms with Crippen LogP contribution in [0, 0.1) is 0 Å². The van der Waals surface area contributed by atoms with E-state index in [1.807, 2.05) is 19.2 Å². The maximum absolute atomic E-state index is 12.5. The van der Waals surface area contributed by atoms with Crippen LogP contribution in [0.2, 0.25) is 0 Å². The number of aromatic nitrogens is 4. The average molecular weight is 300 g/mol. The molecule has 22 heavy (non-hydrogen) atoms. The number of nitrogen functional groups attached to an aromatic ring is 1. The monoisotopic (exact) mass is 300 g/mol. The van der Waals surface area contributed by atoms with Crippen LogP contribution in [0.1, 0.15) is 41.5 Å². The van der Waals surface area contributed by atoms with E-state index in [1.54, 1.807) is 10.9 Å². The average Bonchev–Trinajstić information content (AvgIpc) is 2.98. The maximum Gasteiger partial charge on any atom is 0.270 e. The van der Waals surface area contributed by atoms with Gasteiger partial charge in [-0.25, -0.2) is 9.97 Å². The van der Waals surface area contributed by atoms with E-state index in [2.05, 4.69) is 20.4 Å². The van der Waals surface area contributed by atoms with E-state index in [9.17, 15) is 4.79 Å². The van der Waals surface area contributed by atoms with Gasteiger partial charge in [0.15, 0.2) is 0 Å². The van der Waals surface area contributed by atoms with Crippen molar-refractivity contribution >= 4 is 11.9 Å². The van der Waals surface area contributed by atoms with Crippen LogP contribution >= 0.6 is 0 Å². The van der Waals surface area contributed by atoms with Crippen molar-refractivity contribution < 1.29 is 4.79 Å². The Morgan fingerprint density at radius 1 is 1.41 bits per heavy atom. The fourth-order valence-corrected chi connectivity index (χ4v) is 2.83. The molecule has 0 radical (unpaired) electrons. The second-order valence-corrected chi connectivity index (χ2v) is 5.67. The number of nitrogens with one attached hydrogen (secondary N) is 1. The Labute approximate surface area is 129 Å². The topological polar surface area (TPSA) is 98.7 Å². The summed E-state index contributed by atoms with van der Waals surface area (Å²) in [4.78, 5) is 21.0. The summed E-state index contributed by atoms with van der Waals surface area (Å²) in [5.41, 5.74) is 8.04. The van der Waals surface area contributed by atoms with Crippen molar-refractivity contribution in [2.75, 3.05) is 5.73 Å². The lowest BCUT2D eigenvalue weighted by Crippen LogP contribution is -2.37. The van der Waals surface area contributed by atoms with Crippen LogP contribution in [0.4, 0.5) is 5.95 Å². The third kappa shape index (κ3) is 3.08. The summed E-state index contributed by atoms with van der Waals surface area (Å²) in [5, 5.41) is 7.11. The second kappa shape index (κ2) is 6.13. The second-order valence-electron chi connectivity index (χ2n) is 5.67. The molecule has 2 heterocycles. The van der Waals surface area contributed by atoms with Gasteiger partial charge < -0.3 is 11.1 Å². The van der Waals surface area contributed by atoms with E-state index < -0.39 is 0 Å². The Morgan fingerprint density at radius 2 is 2.23 bits per heavy atom. The maximum atomic E-state index is 12.5. The van der Waals surface area contributed by atoms with Gasteiger partial charge in [-0.1, -0.05) is 0 Å². The number of rotatable bonds is 4. The minimum absolute atomic E-state index is 0.0529. The Morgan fingerprint density at radius 3 is 3.00 bits per heavy atom. The van der Waals surface area contributed by atoms with Gasteiger partial charge in [0.2, 0.25) is 5.95 Å². The number of carbonyl (C=O) groups excluding carboxylic acids is 1. The molecule has 7 nitrogen and oxygen atoms in total. The summed E-state index contributed by atoms with van der Waals surface area (Å²) in [7, 11) is 0. The zero-order valence-electron chi connectivity index (χ0n) is 12.6. The molecule has 0 aromatic carbocycles. The van der Waals surface area contributed by atoms with Gasteiger partial charge in [-0.3, -0.25) is 9.48 Å². The van der Waals surface area contributed by atoms with Crippen molar-refractivity contribution in [3.63, 3.8) is 0 Å². The molecule has 2 aromatic heterocycles. The first kappa shape index (κ1) is 14.5. The van der Waals surface area contributed by atoms with Gasteiger partial charge in [-0.2, -0.15) is 5.10 Å². The van der Waals surface area contributed by atoms with Crippen LogP contribution in [0.15, 0.2) is 18.5 Å². The molecule has 0 aliphatic heterocycles. The first-order chi connectivity index (χ1) is 10.6. The molecule has 3 rings (SSSR count). The highest BCUT2D eigenvalue weighted by atomic mass is 16.2. The van der Waals surface area contributed by atoms with Gasteiger partial charge in [0.1, 0.15) is 5.69 Å². The molecule has 1 aliphatic rings. The highest BCUT2D eigenvalue weighted by molar-refractivity contribution is 5.94. The van der Waals surface area contributed by atoms with Crippen LogP contribution < -0.4 is 11.1 Å². The quantitative estimate of drug-likeness (QED) is 0.876. The number of fused-ring (bicyclic) bond motifs is 1. The molecule has 0 unspecified atom stereocenters. The summed E-state index contributed by atoms with van der Waals surface area (Å²) in [6.45, 7) is 2.55. The molecule has 7 heteroatoms. The molecular weight excluding hydrogens is 280 g/mol. The third-order valence-corrected chi connectivity index (χ3v) is 3.81. The van der Waals surface area contributed by atoms with Crippen molar-refractivity contribution in [3.05, 3.63) is 35.4 Å². The van der Waals surface area contributed by atoms with Crippen LogP contribution in [-0.2, 0) is 19.4 Å². The number of nitrogens with zero attached hydrogens (tertiary/aromatic N) is 4. The zero-order chi connectivity index (χ0) is 15.5. The van der Waals surface area contributed by atoms with Gasteiger partial charge in [0.25, 0.3) is 5.91 Å². The van der Waals surface area contributed by atoms with Gasteiger partial charge in [-0.15, -0.1) is 0 Å². The zero-order valence-corrected chi connectivity index (χ0v) is 12.6. The molecule has 3 N–H and O–H groups in total. The highest BCUT2D eigenvalue weighted by Crippen LogP contribution is 2.22. The molecule has 1 amide bonds. The summed E-state index contributed by atoms with van der Waals surface area (Å²) in [6, 6.07) is 1.80. The standard InChI is InChI=1S/C15H20N6O/c1-10(9-21-8-4-7-17-21)18-14(22)13-11-5-2-3-6-12(11)19-15(16)20-13/h4,7-8,10H,2-3,5-6,9H2,1H3,(H,18,22)(H2,16,19,20)/t10-/m0/s1. The lowest BCUT2D eigenvalue weighted by atomic mass is 9.94. The highest BCUT2D eigenvalue weighted by Gasteiger charge is 2.22. The van der Waals surface area contributed by atoms with E-state index in [4.69, 9.17) is 5.73 Å². The van der Waals surface area contributed by atoms with Gasteiger partial charge in [-0.05, 0) is 38.7 Å².